The van der Waals surface area contributed by atoms with Gasteiger partial charge in [0, 0.05) is 19.2 Å². The lowest BCUT2D eigenvalue weighted by atomic mass is 10.1. The van der Waals surface area contributed by atoms with E-state index in [4.69, 9.17) is 9.47 Å². The topological polar surface area (TPSA) is 97.0 Å². The van der Waals surface area contributed by atoms with Crippen LogP contribution in [-0.2, 0) is 20.8 Å². The second-order valence-corrected chi connectivity index (χ2v) is 6.98. The van der Waals surface area contributed by atoms with Crippen molar-refractivity contribution in [2.24, 2.45) is 0 Å². The van der Waals surface area contributed by atoms with Crippen molar-refractivity contribution in [3.05, 3.63) is 48.0 Å². The van der Waals surface area contributed by atoms with Crippen molar-refractivity contribution in [3.63, 3.8) is 0 Å². The van der Waals surface area contributed by atoms with Gasteiger partial charge >= 0.3 is 0 Å². The predicted octanol–water partition coefficient (Wildman–Crippen LogP) is 2.44. The second kappa shape index (κ2) is 9.30. The molecule has 1 aliphatic rings. The summed E-state index contributed by atoms with van der Waals surface area (Å²) in [5.74, 6) is 0.569. The minimum absolute atomic E-state index is 0.0644. The number of anilines is 2. The number of rotatable bonds is 8. The number of imide groups is 1. The van der Waals surface area contributed by atoms with Crippen LogP contribution in [0.25, 0.3) is 0 Å². The van der Waals surface area contributed by atoms with Crippen LogP contribution in [0.2, 0.25) is 0 Å². The van der Waals surface area contributed by atoms with Gasteiger partial charge in [0.2, 0.25) is 11.8 Å². The number of hydrogen-bond acceptors (Lipinski definition) is 6. The van der Waals surface area contributed by atoms with Gasteiger partial charge in [0.25, 0.3) is 5.91 Å². The van der Waals surface area contributed by atoms with E-state index in [0.29, 0.717) is 30.1 Å². The van der Waals surface area contributed by atoms with Gasteiger partial charge in [-0.3, -0.25) is 19.3 Å². The van der Waals surface area contributed by atoms with Gasteiger partial charge < -0.3 is 20.1 Å². The molecule has 2 aromatic rings. The zero-order valence-electron chi connectivity index (χ0n) is 17.2. The Morgan fingerprint density at radius 3 is 2.47 bits per heavy atom. The normalized spacial score (nSPS) is 15.8. The van der Waals surface area contributed by atoms with Gasteiger partial charge in [0.05, 0.1) is 26.3 Å². The molecule has 0 spiro atoms. The highest BCUT2D eigenvalue weighted by Gasteiger charge is 2.38. The van der Waals surface area contributed by atoms with Crippen LogP contribution in [0.5, 0.6) is 11.5 Å². The fraction of sp³-hybridized carbons (Fsp3) is 0.318. The van der Waals surface area contributed by atoms with E-state index in [9.17, 15) is 14.4 Å². The van der Waals surface area contributed by atoms with Crippen molar-refractivity contribution in [1.82, 2.24) is 4.90 Å². The minimum atomic E-state index is -0.685. The summed E-state index contributed by atoms with van der Waals surface area (Å²) in [7, 11) is 3.12. The third-order valence-corrected chi connectivity index (χ3v) is 4.88. The highest BCUT2D eigenvalue weighted by atomic mass is 16.5. The van der Waals surface area contributed by atoms with E-state index in [-0.39, 0.29) is 24.1 Å². The largest absolute Gasteiger partial charge is 0.497 e. The summed E-state index contributed by atoms with van der Waals surface area (Å²) in [6.07, 6.45) is 0.629. The molecule has 0 aliphatic carbocycles. The summed E-state index contributed by atoms with van der Waals surface area (Å²) in [5, 5.41) is 5.78. The Balaban J connectivity index is 1.67. The molecule has 1 aliphatic heterocycles. The van der Waals surface area contributed by atoms with Crippen LogP contribution in [0.4, 0.5) is 11.4 Å². The monoisotopic (exact) mass is 411 g/mol. The Morgan fingerprint density at radius 2 is 1.83 bits per heavy atom. The highest BCUT2D eigenvalue weighted by Crippen LogP contribution is 2.30. The number of carbonyl (C=O) groups excluding carboxylic acids is 3. The van der Waals surface area contributed by atoms with Crippen LogP contribution >= 0.6 is 0 Å². The van der Waals surface area contributed by atoms with Crippen LogP contribution in [0.15, 0.2) is 42.5 Å². The molecular formula is C22H25N3O5. The van der Waals surface area contributed by atoms with Gasteiger partial charge in [0.15, 0.2) is 0 Å². The van der Waals surface area contributed by atoms with Crippen LogP contribution < -0.4 is 20.1 Å². The SMILES string of the molecule is COc1ccc(CCN2C(=O)C[C@@H](Nc3cc(NC(C)=O)ccc3OC)C2=O)cc1. The smallest absolute Gasteiger partial charge is 0.252 e. The number of benzene rings is 2. The summed E-state index contributed by atoms with van der Waals surface area (Å²) in [6, 6.07) is 11.9. The lowest BCUT2D eigenvalue weighted by Gasteiger charge is -2.18. The number of methoxy groups -OCH3 is 2. The summed E-state index contributed by atoms with van der Waals surface area (Å²) >= 11 is 0. The van der Waals surface area contributed by atoms with Crippen LogP contribution in [0.3, 0.4) is 0 Å². The summed E-state index contributed by atoms with van der Waals surface area (Å²) < 4.78 is 10.5. The van der Waals surface area contributed by atoms with Gasteiger partial charge in [-0.25, -0.2) is 0 Å². The summed E-state index contributed by atoms with van der Waals surface area (Å²) in [6.45, 7) is 1.72. The third-order valence-electron chi connectivity index (χ3n) is 4.88. The number of carbonyl (C=O) groups is 3. The molecule has 8 nitrogen and oxygen atoms in total. The average Bonchev–Trinajstić information content (AvgIpc) is 2.99. The fourth-order valence-corrected chi connectivity index (χ4v) is 3.35. The molecule has 3 amide bonds. The van der Waals surface area contributed by atoms with E-state index in [2.05, 4.69) is 10.6 Å². The molecule has 3 rings (SSSR count). The lowest BCUT2D eigenvalue weighted by molar-refractivity contribution is -0.138. The summed E-state index contributed by atoms with van der Waals surface area (Å²) in [4.78, 5) is 37.8. The molecule has 2 aromatic carbocycles. The third kappa shape index (κ3) is 4.89. The maximum absolute atomic E-state index is 12.8. The number of ether oxygens (including phenoxy) is 2. The van der Waals surface area contributed by atoms with E-state index in [0.717, 1.165) is 11.3 Å². The molecule has 158 valence electrons. The molecule has 0 saturated carbocycles. The summed E-state index contributed by atoms with van der Waals surface area (Å²) in [5.41, 5.74) is 2.11. The van der Waals surface area contributed by atoms with Gasteiger partial charge in [-0.05, 0) is 42.3 Å². The van der Waals surface area contributed by atoms with E-state index < -0.39 is 6.04 Å². The van der Waals surface area contributed by atoms with Crippen molar-refractivity contribution in [2.45, 2.75) is 25.8 Å². The maximum atomic E-state index is 12.8. The standard InChI is InChI=1S/C22H25N3O5/c1-14(26)23-16-6-9-20(30-3)18(12-16)24-19-13-21(27)25(22(19)28)11-10-15-4-7-17(29-2)8-5-15/h4-9,12,19,24H,10-11,13H2,1-3H3,(H,23,26)/t19-/m1/s1. The number of likely N-dealkylation sites (tertiary alicyclic amines) is 1. The van der Waals surface area contributed by atoms with Gasteiger partial charge in [0.1, 0.15) is 17.5 Å². The van der Waals surface area contributed by atoms with Crippen LogP contribution in [-0.4, -0.2) is 49.4 Å². The Kier molecular flexibility index (Phi) is 6.56. The predicted molar refractivity (Wildman–Crippen MR) is 113 cm³/mol. The molecule has 0 bridgehead atoms. The first kappa shape index (κ1) is 21.2. The van der Waals surface area contributed by atoms with Crippen molar-refractivity contribution >= 4 is 29.1 Å². The van der Waals surface area contributed by atoms with Crippen molar-refractivity contribution in [3.8, 4) is 11.5 Å². The second-order valence-electron chi connectivity index (χ2n) is 6.98. The molecule has 30 heavy (non-hydrogen) atoms. The number of hydrogen-bond donors (Lipinski definition) is 2. The first-order chi connectivity index (χ1) is 14.4. The van der Waals surface area contributed by atoms with Crippen molar-refractivity contribution in [1.29, 1.82) is 0 Å². The molecule has 1 saturated heterocycles. The first-order valence-corrected chi connectivity index (χ1v) is 9.60. The first-order valence-electron chi connectivity index (χ1n) is 9.60. The number of nitrogens with one attached hydrogen (secondary N) is 2. The molecule has 2 N–H and O–H groups in total. The molecular weight excluding hydrogens is 386 g/mol. The lowest BCUT2D eigenvalue weighted by Crippen LogP contribution is -2.36. The maximum Gasteiger partial charge on any atom is 0.252 e. The molecule has 1 heterocycles. The zero-order chi connectivity index (χ0) is 21.7. The zero-order valence-corrected chi connectivity index (χ0v) is 17.2. The van der Waals surface area contributed by atoms with Crippen LogP contribution in [0, 0.1) is 0 Å². The van der Waals surface area contributed by atoms with Crippen molar-refractivity contribution < 1.29 is 23.9 Å². The highest BCUT2D eigenvalue weighted by molar-refractivity contribution is 6.07. The molecule has 8 heteroatoms. The molecule has 0 aromatic heterocycles. The Labute approximate surface area is 175 Å². The molecule has 0 unspecified atom stereocenters. The van der Waals surface area contributed by atoms with E-state index in [1.54, 1.807) is 25.3 Å². The Morgan fingerprint density at radius 1 is 1.10 bits per heavy atom. The molecule has 0 radical (unpaired) electrons. The van der Waals surface area contributed by atoms with Gasteiger partial charge in [-0.15, -0.1) is 0 Å². The number of amides is 3. The quantitative estimate of drug-likeness (QED) is 0.648. The van der Waals surface area contributed by atoms with Crippen LogP contribution in [0.1, 0.15) is 18.9 Å². The molecule has 1 fully saturated rings. The Hall–Kier alpha value is -3.55. The molecule has 1 atom stereocenters. The van der Waals surface area contributed by atoms with Gasteiger partial charge in [-0.2, -0.15) is 0 Å². The van der Waals surface area contributed by atoms with Crippen molar-refractivity contribution in [2.75, 3.05) is 31.4 Å². The fourth-order valence-electron chi connectivity index (χ4n) is 3.35. The van der Waals surface area contributed by atoms with E-state index in [1.165, 1.54) is 18.9 Å². The average molecular weight is 411 g/mol. The van der Waals surface area contributed by atoms with Gasteiger partial charge in [-0.1, -0.05) is 12.1 Å². The van der Waals surface area contributed by atoms with E-state index in [1.807, 2.05) is 24.3 Å². The number of nitrogens with zero attached hydrogens (tertiary/aromatic N) is 1. The Bertz CT molecular complexity index is 942. The minimum Gasteiger partial charge on any atom is -0.497 e. The van der Waals surface area contributed by atoms with E-state index >= 15 is 0 Å².